The third kappa shape index (κ3) is 6.02. The number of anilines is 1. The van der Waals surface area contributed by atoms with E-state index < -0.39 is 5.60 Å². The van der Waals surface area contributed by atoms with E-state index in [9.17, 15) is 4.79 Å². The molecular formula is C16H25ClN4O2S. The van der Waals surface area contributed by atoms with Crippen LogP contribution in [0, 0.1) is 5.92 Å². The van der Waals surface area contributed by atoms with Crippen molar-refractivity contribution >= 4 is 35.3 Å². The molecule has 1 aromatic rings. The fourth-order valence-electron chi connectivity index (χ4n) is 2.47. The van der Waals surface area contributed by atoms with Crippen LogP contribution in [0.4, 0.5) is 10.6 Å². The Hall–Kier alpha value is -1.21. The second-order valence-electron chi connectivity index (χ2n) is 6.85. The van der Waals surface area contributed by atoms with E-state index in [-0.39, 0.29) is 6.09 Å². The zero-order valence-electron chi connectivity index (χ0n) is 14.6. The van der Waals surface area contributed by atoms with Crippen LogP contribution in [0.5, 0.6) is 0 Å². The number of nitrogens with one attached hydrogen (secondary N) is 1. The molecule has 0 unspecified atom stereocenters. The van der Waals surface area contributed by atoms with Crippen LogP contribution in [0.3, 0.4) is 0 Å². The molecule has 24 heavy (non-hydrogen) atoms. The number of ether oxygens (including phenoxy) is 1. The van der Waals surface area contributed by atoms with Crippen molar-refractivity contribution in [3.63, 3.8) is 0 Å². The Labute approximate surface area is 152 Å². The SMILES string of the molecule is CSc1nc(Cl)cc(NCC2CCN(C(=O)OC(C)(C)C)CC2)n1. The lowest BCUT2D eigenvalue weighted by molar-refractivity contribution is 0.0188. The van der Waals surface area contributed by atoms with Crippen molar-refractivity contribution in [3.05, 3.63) is 11.2 Å². The van der Waals surface area contributed by atoms with Gasteiger partial charge in [-0.15, -0.1) is 0 Å². The maximum Gasteiger partial charge on any atom is 0.410 e. The summed E-state index contributed by atoms with van der Waals surface area (Å²) in [5.41, 5.74) is -0.448. The van der Waals surface area contributed by atoms with Crippen molar-refractivity contribution in [2.45, 2.75) is 44.4 Å². The van der Waals surface area contributed by atoms with Gasteiger partial charge in [-0.1, -0.05) is 23.4 Å². The first-order valence-electron chi connectivity index (χ1n) is 8.07. The Kier molecular flexibility index (Phi) is 6.57. The molecule has 1 fully saturated rings. The Morgan fingerprint density at radius 2 is 2.08 bits per heavy atom. The van der Waals surface area contributed by atoms with Gasteiger partial charge in [-0.2, -0.15) is 0 Å². The number of rotatable bonds is 4. The molecule has 6 nitrogen and oxygen atoms in total. The Bertz CT molecular complexity index is 572. The molecule has 0 saturated carbocycles. The number of likely N-dealkylation sites (tertiary alicyclic amines) is 1. The zero-order chi connectivity index (χ0) is 17.7. The molecule has 1 saturated heterocycles. The van der Waals surface area contributed by atoms with Crippen LogP contribution in [-0.2, 0) is 4.74 Å². The van der Waals surface area contributed by atoms with Crippen molar-refractivity contribution in [2.24, 2.45) is 5.92 Å². The summed E-state index contributed by atoms with van der Waals surface area (Å²) in [5.74, 6) is 1.24. The van der Waals surface area contributed by atoms with Crippen molar-refractivity contribution in [2.75, 3.05) is 31.2 Å². The van der Waals surface area contributed by atoms with Gasteiger partial charge >= 0.3 is 6.09 Å². The number of amides is 1. The number of halogens is 1. The number of carbonyl (C=O) groups is 1. The van der Waals surface area contributed by atoms with Crippen molar-refractivity contribution in [3.8, 4) is 0 Å². The van der Waals surface area contributed by atoms with E-state index in [4.69, 9.17) is 16.3 Å². The molecule has 2 heterocycles. The first kappa shape index (κ1) is 19.1. The van der Waals surface area contributed by atoms with Crippen LogP contribution >= 0.6 is 23.4 Å². The summed E-state index contributed by atoms with van der Waals surface area (Å²) in [7, 11) is 0. The van der Waals surface area contributed by atoms with Gasteiger partial charge in [0.15, 0.2) is 5.16 Å². The maximum absolute atomic E-state index is 12.1. The second-order valence-corrected chi connectivity index (χ2v) is 8.01. The fraction of sp³-hybridized carbons (Fsp3) is 0.688. The lowest BCUT2D eigenvalue weighted by atomic mass is 9.97. The van der Waals surface area contributed by atoms with Crippen LogP contribution in [0.1, 0.15) is 33.6 Å². The van der Waals surface area contributed by atoms with Crippen LogP contribution in [-0.4, -0.2) is 52.5 Å². The van der Waals surface area contributed by atoms with Crippen molar-refractivity contribution in [1.82, 2.24) is 14.9 Å². The van der Waals surface area contributed by atoms with E-state index in [1.807, 2.05) is 27.0 Å². The van der Waals surface area contributed by atoms with Crippen molar-refractivity contribution in [1.29, 1.82) is 0 Å². The minimum atomic E-state index is -0.448. The molecule has 1 aromatic heterocycles. The Morgan fingerprint density at radius 3 is 2.67 bits per heavy atom. The van der Waals surface area contributed by atoms with Crippen LogP contribution in [0.25, 0.3) is 0 Å². The van der Waals surface area contributed by atoms with E-state index in [0.29, 0.717) is 16.2 Å². The van der Waals surface area contributed by atoms with Crippen LogP contribution < -0.4 is 5.32 Å². The highest BCUT2D eigenvalue weighted by Gasteiger charge is 2.26. The van der Waals surface area contributed by atoms with E-state index in [1.165, 1.54) is 11.8 Å². The first-order chi connectivity index (χ1) is 11.3. The highest BCUT2D eigenvalue weighted by Crippen LogP contribution is 2.21. The number of hydrogen-bond acceptors (Lipinski definition) is 6. The van der Waals surface area contributed by atoms with Gasteiger partial charge in [0.2, 0.25) is 0 Å². The fourth-order valence-corrected chi connectivity index (χ4v) is 3.09. The minimum Gasteiger partial charge on any atom is -0.444 e. The van der Waals surface area contributed by atoms with Gasteiger partial charge in [-0.05, 0) is 45.8 Å². The molecule has 1 N–H and O–H groups in total. The zero-order valence-corrected chi connectivity index (χ0v) is 16.2. The smallest absolute Gasteiger partial charge is 0.410 e. The molecule has 0 aromatic carbocycles. The monoisotopic (exact) mass is 372 g/mol. The lowest BCUT2D eigenvalue weighted by Gasteiger charge is -2.33. The number of thioether (sulfide) groups is 1. The summed E-state index contributed by atoms with van der Waals surface area (Å²) in [6.45, 7) is 7.92. The molecule has 2 rings (SSSR count). The van der Waals surface area contributed by atoms with Gasteiger partial charge in [0, 0.05) is 25.7 Å². The van der Waals surface area contributed by atoms with E-state index in [1.54, 1.807) is 11.0 Å². The standard InChI is InChI=1S/C16H25ClN4O2S/c1-16(2,3)23-15(22)21-7-5-11(6-8-21)10-18-13-9-12(17)19-14(20-13)24-4/h9,11H,5-8,10H2,1-4H3,(H,18,19,20). The van der Waals surface area contributed by atoms with Gasteiger partial charge in [-0.3, -0.25) is 0 Å². The number of aromatic nitrogens is 2. The summed E-state index contributed by atoms with van der Waals surface area (Å²) in [6.07, 6.45) is 3.59. The molecule has 134 valence electrons. The topological polar surface area (TPSA) is 67.4 Å². The number of nitrogens with zero attached hydrogens (tertiary/aromatic N) is 3. The Balaban J connectivity index is 1.79. The summed E-state index contributed by atoms with van der Waals surface area (Å²) < 4.78 is 5.42. The molecular weight excluding hydrogens is 348 g/mol. The summed E-state index contributed by atoms with van der Waals surface area (Å²) >= 11 is 7.46. The lowest BCUT2D eigenvalue weighted by Crippen LogP contribution is -2.42. The average Bonchev–Trinajstić information content (AvgIpc) is 2.51. The van der Waals surface area contributed by atoms with E-state index in [0.717, 1.165) is 38.3 Å². The molecule has 8 heteroatoms. The van der Waals surface area contributed by atoms with Crippen LogP contribution in [0.2, 0.25) is 5.15 Å². The molecule has 1 amide bonds. The van der Waals surface area contributed by atoms with Gasteiger partial charge < -0.3 is 15.0 Å². The summed E-state index contributed by atoms with van der Waals surface area (Å²) in [5, 5.41) is 4.43. The van der Waals surface area contributed by atoms with Gasteiger partial charge in [-0.25, -0.2) is 14.8 Å². The number of hydrogen-bond donors (Lipinski definition) is 1. The average molecular weight is 373 g/mol. The van der Waals surface area contributed by atoms with Crippen molar-refractivity contribution < 1.29 is 9.53 Å². The second kappa shape index (κ2) is 8.25. The van der Waals surface area contributed by atoms with E-state index >= 15 is 0 Å². The molecule has 1 aliphatic heterocycles. The minimum absolute atomic E-state index is 0.221. The van der Waals surface area contributed by atoms with Gasteiger partial charge in [0.05, 0.1) is 0 Å². The largest absolute Gasteiger partial charge is 0.444 e. The summed E-state index contributed by atoms with van der Waals surface area (Å²) in [4.78, 5) is 22.4. The Morgan fingerprint density at radius 1 is 1.42 bits per heavy atom. The third-order valence-corrected chi connectivity index (χ3v) is 4.44. The first-order valence-corrected chi connectivity index (χ1v) is 9.67. The number of piperidine rings is 1. The van der Waals surface area contributed by atoms with E-state index in [2.05, 4.69) is 15.3 Å². The third-order valence-electron chi connectivity index (χ3n) is 3.70. The molecule has 0 aliphatic carbocycles. The molecule has 0 radical (unpaired) electrons. The molecule has 1 aliphatic rings. The quantitative estimate of drug-likeness (QED) is 0.491. The normalized spacial score (nSPS) is 16.1. The molecule has 0 bridgehead atoms. The van der Waals surface area contributed by atoms with Crippen LogP contribution in [0.15, 0.2) is 11.2 Å². The highest BCUT2D eigenvalue weighted by atomic mass is 35.5. The van der Waals surface area contributed by atoms with Gasteiger partial charge in [0.1, 0.15) is 16.6 Å². The summed E-state index contributed by atoms with van der Waals surface area (Å²) in [6, 6.07) is 1.73. The maximum atomic E-state index is 12.1. The van der Waals surface area contributed by atoms with Gasteiger partial charge in [0.25, 0.3) is 0 Å². The predicted molar refractivity (Wildman–Crippen MR) is 97.8 cm³/mol. The molecule has 0 atom stereocenters. The number of carbonyl (C=O) groups excluding carboxylic acids is 1. The predicted octanol–water partition coefficient (Wildman–Crippen LogP) is 3.91. The molecule has 0 spiro atoms. The highest BCUT2D eigenvalue weighted by molar-refractivity contribution is 7.98.